The molecule has 1 aromatic carbocycles. The molecule has 7 heteroatoms. The highest BCUT2D eigenvalue weighted by molar-refractivity contribution is 5.89. The average Bonchev–Trinajstić information content (AvgIpc) is 2.57. The molecular formula is C16H17N5O2. The van der Waals surface area contributed by atoms with Crippen molar-refractivity contribution in [3.63, 3.8) is 0 Å². The van der Waals surface area contributed by atoms with Crippen LogP contribution < -0.4 is 10.6 Å². The molecule has 0 unspecified atom stereocenters. The molecule has 0 amide bonds. The van der Waals surface area contributed by atoms with Gasteiger partial charge in [0.05, 0.1) is 30.6 Å². The number of nitrogens with zero attached hydrogens (tertiary/aromatic N) is 4. The van der Waals surface area contributed by atoms with Crippen LogP contribution in [0.4, 0.5) is 11.5 Å². The average molecular weight is 311 g/mol. The molecule has 0 aliphatic carbocycles. The van der Waals surface area contributed by atoms with Gasteiger partial charge in [-0.05, 0) is 31.2 Å². The summed E-state index contributed by atoms with van der Waals surface area (Å²) in [5, 5.41) is 8.93. The number of nitriles is 1. The SMILES string of the molecule is CCOC(=O)c1ccc(N(C)Cc2cnc(N)c(C#N)n2)cc1. The third-order valence-electron chi connectivity index (χ3n) is 3.17. The van der Waals surface area contributed by atoms with Gasteiger partial charge in [-0.1, -0.05) is 0 Å². The highest BCUT2D eigenvalue weighted by Crippen LogP contribution is 2.17. The fourth-order valence-corrected chi connectivity index (χ4v) is 1.99. The van der Waals surface area contributed by atoms with Crippen molar-refractivity contribution < 1.29 is 9.53 Å². The number of nitrogen functional groups attached to an aromatic ring is 1. The summed E-state index contributed by atoms with van der Waals surface area (Å²) in [6, 6.07) is 8.97. The zero-order chi connectivity index (χ0) is 16.8. The van der Waals surface area contributed by atoms with Gasteiger partial charge in [0.2, 0.25) is 0 Å². The minimum Gasteiger partial charge on any atom is -0.462 e. The Hall–Kier alpha value is -3.14. The second kappa shape index (κ2) is 7.22. The molecule has 0 aliphatic rings. The molecule has 2 N–H and O–H groups in total. The lowest BCUT2D eigenvalue weighted by atomic mass is 10.2. The van der Waals surface area contributed by atoms with Gasteiger partial charge in [-0.3, -0.25) is 0 Å². The van der Waals surface area contributed by atoms with Gasteiger partial charge >= 0.3 is 5.97 Å². The molecule has 0 saturated heterocycles. The predicted octanol–water partition coefficient (Wildman–Crippen LogP) is 1.74. The number of anilines is 2. The molecule has 7 nitrogen and oxygen atoms in total. The van der Waals surface area contributed by atoms with Crippen LogP contribution in [-0.4, -0.2) is 29.6 Å². The van der Waals surface area contributed by atoms with Crippen LogP contribution in [0, 0.1) is 11.3 Å². The third kappa shape index (κ3) is 3.95. The number of hydrogen-bond donors (Lipinski definition) is 1. The number of aromatic nitrogens is 2. The minimum absolute atomic E-state index is 0.119. The van der Waals surface area contributed by atoms with E-state index in [0.29, 0.717) is 24.4 Å². The highest BCUT2D eigenvalue weighted by atomic mass is 16.5. The van der Waals surface area contributed by atoms with E-state index >= 15 is 0 Å². The molecule has 2 aromatic rings. The van der Waals surface area contributed by atoms with Gasteiger partial charge in [-0.25, -0.2) is 14.8 Å². The van der Waals surface area contributed by atoms with E-state index in [2.05, 4.69) is 9.97 Å². The summed E-state index contributed by atoms with van der Waals surface area (Å²) in [7, 11) is 1.88. The largest absolute Gasteiger partial charge is 0.462 e. The standard InChI is InChI=1S/C16H17N5O2/c1-3-23-16(22)11-4-6-13(7-5-11)21(2)10-12-9-19-15(18)14(8-17)20-12/h4-7,9H,3,10H2,1-2H3,(H2,18,19). The topological polar surface area (TPSA) is 105 Å². The minimum atomic E-state index is -0.343. The lowest BCUT2D eigenvalue weighted by Crippen LogP contribution is -2.18. The number of ether oxygens (including phenoxy) is 1. The van der Waals surface area contributed by atoms with Crippen molar-refractivity contribution >= 4 is 17.5 Å². The Balaban J connectivity index is 2.10. The van der Waals surface area contributed by atoms with E-state index in [1.165, 1.54) is 0 Å². The van der Waals surface area contributed by atoms with Gasteiger partial charge in [-0.2, -0.15) is 5.26 Å². The zero-order valence-electron chi connectivity index (χ0n) is 13.0. The second-order valence-corrected chi connectivity index (χ2v) is 4.83. The van der Waals surface area contributed by atoms with E-state index in [1.807, 2.05) is 30.1 Å². The number of carbonyl (C=O) groups excluding carboxylic acids is 1. The Morgan fingerprint density at radius 2 is 2.09 bits per heavy atom. The Bertz CT molecular complexity index is 737. The molecule has 0 bridgehead atoms. The second-order valence-electron chi connectivity index (χ2n) is 4.83. The number of hydrogen-bond acceptors (Lipinski definition) is 7. The molecule has 23 heavy (non-hydrogen) atoms. The van der Waals surface area contributed by atoms with Crippen LogP contribution in [0.25, 0.3) is 0 Å². The summed E-state index contributed by atoms with van der Waals surface area (Å²) in [5.74, 6) is -0.220. The van der Waals surface area contributed by atoms with Gasteiger partial charge < -0.3 is 15.4 Å². The van der Waals surface area contributed by atoms with Crippen LogP contribution in [0.2, 0.25) is 0 Å². The molecule has 118 valence electrons. The molecule has 0 saturated carbocycles. The van der Waals surface area contributed by atoms with E-state index in [4.69, 9.17) is 15.7 Å². The van der Waals surface area contributed by atoms with Crippen LogP contribution in [0.3, 0.4) is 0 Å². The van der Waals surface area contributed by atoms with Crippen molar-refractivity contribution in [3.8, 4) is 6.07 Å². The lowest BCUT2D eigenvalue weighted by molar-refractivity contribution is 0.0526. The molecule has 0 spiro atoms. The van der Waals surface area contributed by atoms with Gasteiger partial charge in [0.25, 0.3) is 0 Å². The van der Waals surface area contributed by atoms with Crippen LogP contribution >= 0.6 is 0 Å². The number of benzene rings is 1. The van der Waals surface area contributed by atoms with Crippen molar-refractivity contribution in [2.24, 2.45) is 0 Å². The van der Waals surface area contributed by atoms with Crippen molar-refractivity contribution in [1.29, 1.82) is 5.26 Å². The molecule has 0 radical (unpaired) electrons. The maximum absolute atomic E-state index is 11.6. The van der Waals surface area contributed by atoms with Crippen molar-refractivity contribution in [1.82, 2.24) is 9.97 Å². The van der Waals surface area contributed by atoms with E-state index < -0.39 is 0 Å². The van der Waals surface area contributed by atoms with Gasteiger partial charge in [0.15, 0.2) is 11.5 Å². The summed E-state index contributed by atoms with van der Waals surface area (Å²) in [6.45, 7) is 2.57. The Morgan fingerprint density at radius 1 is 1.39 bits per heavy atom. The number of rotatable bonds is 5. The number of carbonyl (C=O) groups is 1. The summed E-state index contributed by atoms with van der Waals surface area (Å²) in [4.78, 5) is 21.7. The molecule has 1 heterocycles. The first-order valence-electron chi connectivity index (χ1n) is 7.05. The van der Waals surface area contributed by atoms with Crippen LogP contribution in [0.1, 0.15) is 28.7 Å². The van der Waals surface area contributed by atoms with Gasteiger partial charge in [0.1, 0.15) is 6.07 Å². The van der Waals surface area contributed by atoms with Crippen LogP contribution in [0.5, 0.6) is 0 Å². The summed E-state index contributed by atoms with van der Waals surface area (Å²) in [5.41, 5.74) is 7.71. The van der Waals surface area contributed by atoms with Gasteiger partial charge in [-0.15, -0.1) is 0 Å². The predicted molar refractivity (Wildman–Crippen MR) is 85.7 cm³/mol. The van der Waals surface area contributed by atoms with Crippen molar-refractivity contribution in [2.75, 3.05) is 24.3 Å². The molecular weight excluding hydrogens is 294 g/mol. The Kier molecular flexibility index (Phi) is 5.10. The van der Waals surface area contributed by atoms with Gasteiger partial charge in [0, 0.05) is 12.7 Å². The van der Waals surface area contributed by atoms with Crippen molar-refractivity contribution in [2.45, 2.75) is 13.5 Å². The summed E-state index contributed by atoms with van der Waals surface area (Å²) in [6.07, 6.45) is 1.54. The Morgan fingerprint density at radius 3 is 2.70 bits per heavy atom. The fourth-order valence-electron chi connectivity index (χ4n) is 1.99. The van der Waals surface area contributed by atoms with Crippen molar-refractivity contribution in [3.05, 3.63) is 47.4 Å². The highest BCUT2D eigenvalue weighted by Gasteiger charge is 2.09. The van der Waals surface area contributed by atoms with E-state index in [0.717, 1.165) is 5.69 Å². The fraction of sp³-hybridized carbons (Fsp3) is 0.250. The normalized spacial score (nSPS) is 9.96. The smallest absolute Gasteiger partial charge is 0.338 e. The maximum atomic E-state index is 11.6. The summed E-state index contributed by atoms with van der Waals surface area (Å²) >= 11 is 0. The molecule has 0 aliphatic heterocycles. The first kappa shape index (κ1) is 16.2. The lowest BCUT2D eigenvalue weighted by Gasteiger charge is -2.19. The Labute approximate surface area is 134 Å². The number of nitrogens with two attached hydrogens (primary N) is 1. The quantitative estimate of drug-likeness (QED) is 0.838. The summed E-state index contributed by atoms with van der Waals surface area (Å²) < 4.78 is 4.95. The number of esters is 1. The molecule has 1 aromatic heterocycles. The van der Waals surface area contributed by atoms with E-state index in [1.54, 1.807) is 25.3 Å². The molecule has 2 rings (SSSR count). The van der Waals surface area contributed by atoms with Crippen LogP contribution in [-0.2, 0) is 11.3 Å². The first-order valence-corrected chi connectivity index (χ1v) is 7.05. The monoisotopic (exact) mass is 311 g/mol. The maximum Gasteiger partial charge on any atom is 0.338 e. The van der Waals surface area contributed by atoms with E-state index in [9.17, 15) is 4.79 Å². The first-order chi connectivity index (χ1) is 11.0. The molecule has 0 atom stereocenters. The van der Waals surface area contributed by atoms with E-state index in [-0.39, 0.29) is 17.5 Å². The molecule has 0 fully saturated rings. The van der Waals surface area contributed by atoms with Crippen LogP contribution in [0.15, 0.2) is 30.5 Å². The third-order valence-corrected chi connectivity index (χ3v) is 3.17. The zero-order valence-corrected chi connectivity index (χ0v) is 13.0.